The summed E-state index contributed by atoms with van der Waals surface area (Å²) < 4.78 is 6.02. The van der Waals surface area contributed by atoms with Crippen LogP contribution in [0, 0.1) is 0 Å². The van der Waals surface area contributed by atoms with E-state index in [-0.39, 0.29) is 18.4 Å². The van der Waals surface area contributed by atoms with Crippen molar-refractivity contribution in [3.8, 4) is 0 Å². The second kappa shape index (κ2) is 9.82. The number of ether oxygens (including phenoxy) is 1. The van der Waals surface area contributed by atoms with Crippen molar-refractivity contribution in [1.29, 1.82) is 0 Å². The van der Waals surface area contributed by atoms with Crippen LogP contribution in [0.25, 0.3) is 0 Å². The van der Waals surface area contributed by atoms with Gasteiger partial charge in [0.25, 0.3) is 0 Å². The molecule has 0 radical (unpaired) electrons. The number of halogens is 2. The predicted octanol–water partition coefficient (Wildman–Crippen LogP) is 4.89. The van der Waals surface area contributed by atoms with Gasteiger partial charge in [0.05, 0.1) is 6.04 Å². The molecule has 1 aliphatic heterocycles. The van der Waals surface area contributed by atoms with Gasteiger partial charge in [0.1, 0.15) is 18.8 Å². The number of morpholine rings is 1. The van der Waals surface area contributed by atoms with Crippen molar-refractivity contribution < 1.29 is 14.3 Å². The van der Waals surface area contributed by atoms with Crippen LogP contribution in [0.1, 0.15) is 43.0 Å². The third-order valence-corrected chi connectivity index (χ3v) is 5.80. The monoisotopic (exact) mass is 448 g/mol. The van der Waals surface area contributed by atoms with Gasteiger partial charge in [0.15, 0.2) is 0 Å². The van der Waals surface area contributed by atoms with Crippen molar-refractivity contribution in [3.05, 3.63) is 69.7 Å². The molecule has 3 rings (SSSR count). The molecule has 0 N–H and O–H groups in total. The van der Waals surface area contributed by atoms with Gasteiger partial charge in [-0.1, -0.05) is 60.8 Å². The number of hydrogen-bond donors (Lipinski definition) is 0. The van der Waals surface area contributed by atoms with Crippen molar-refractivity contribution in [2.24, 2.45) is 0 Å². The van der Waals surface area contributed by atoms with Crippen molar-refractivity contribution in [1.82, 2.24) is 9.80 Å². The molecule has 160 valence electrons. The Labute approximate surface area is 187 Å². The summed E-state index contributed by atoms with van der Waals surface area (Å²) in [7, 11) is 3.42. The van der Waals surface area contributed by atoms with Gasteiger partial charge in [-0.25, -0.2) is 0 Å². The summed E-state index contributed by atoms with van der Waals surface area (Å²) >= 11 is 12.2. The number of likely N-dealkylation sites (N-methyl/N-ethyl adjacent to an activating group) is 1. The van der Waals surface area contributed by atoms with Crippen LogP contribution < -0.4 is 0 Å². The molecule has 1 aliphatic rings. The molecule has 7 heteroatoms. The molecule has 1 saturated heterocycles. The molecule has 0 spiro atoms. The fourth-order valence-electron chi connectivity index (χ4n) is 3.87. The molecule has 3 atom stereocenters. The average Bonchev–Trinajstić information content (AvgIpc) is 2.73. The summed E-state index contributed by atoms with van der Waals surface area (Å²) in [5, 5.41) is 1.23. The van der Waals surface area contributed by atoms with E-state index in [4.69, 9.17) is 27.9 Å². The van der Waals surface area contributed by atoms with Crippen molar-refractivity contribution >= 4 is 35.0 Å². The third kappa shape index (κ3) is 4.80. The zero-order valence-electron chi connectivity index (χ0n) is 17.3. The maximum atomic E-state index is 13.1. The van der Waals surface area contributed by atoms with Crippen LogP contribution >= 0.6 is 23.2 Å². The predicted molar refractivity (Wildman–Crippen MR) is 119 cm³/mol. The van der Waals surface area contributed by atoms with Crippen molar-refractivity contribution in [3.63, 3.8) is 0 Å². The molecule has 30 heavy (non-hydrogen) atoms. The highest BCUT2D eigenvalue weighted by Gasteiger charge is 2.44. The normalized spacial score (nSPS) is 20.2. The molecular formula is C23H26Cl2N2O3. The van der Waals surface area contributed by atoms with Crippen LogP contribution in [0.4, 0.5) is 0 Å². The van der Waals surface area contributed by atoms with Gasteiger partial charge in [-0.05, 0) is 41.8 Å². The summed E-state index contributed by atoms with van der Waals surface area (Å²) in [5.41, 5.74) is 1.75. The fourth-order valence-corrected chi connectivity index (χ4v) is 4.13. The second-order valence-electron chi connectivity index (χ2n) is 7.62. The summed E-state index contributed by atoms with van der Waals surface area (Å²) in [4.78, 5) is 29.4. The lowest BCUT2D eigenvalue weighted by atomic mass is 9.90. The van der Waals surface area contributed by atoms with Gasteiger partial charge in [-0.2, -0.15) is 0 Å². The zero-order chi connectivity index (χ0) is 21.8. The van der Waals surface area contributed by atoms with Crippen LogP contribution in [0.3, 0.4) is 0 Å². The first-order chi connectivity index (χ1) is 14.3. The molecule has 5 nitrogen and oxygen atoms in total. The van der Waals surface area contributed by atoms with E-state index < -0.39 is 18.2 Å². The maximum Gasteiger partial charge on any atom is 0.249 e. The SMILES string of the molecule is CCC[C@H](C(=O)N(C)C)N1C(=O)CO[C@H](c2ccc(Cl)cc2)[C@@H]1c1ccc(Cl)cc1. The van der Waals surface area contributed by atoms with Gasteiger partial charge < -0.3 is 14.5 Å². The van der Waals surface area contributed by atoms with Crippen molar-refractivity contribution in [2.75, 3.05) is 20.7 Å². The Hall–Kier alpha value is -2.08. The molecule has 2 aromatic rings. The minimum Gasteiger partial charge on any atom is -0.361 e. The van der Waals surface area contributed by atoms with E-state index in [1.807, 2.05) is 31.2 Å². The van der Waals surface area contributed by atoms with E-state index in [1.165, 1.54) is 0 Å². The average molecular weight is 449 g/mol. The van der Waals surface area contributed by atoms with Crippen LogP contribution in [-0.4, -0.2) is 48.4 Å². The van der Waals surface area contributed by atoms with Gasteiger partial charge >= 0.3 is 0 Å². The Bertz CT molecular complexity index is 884. The lowest BCUT2D eigenvalue weighted by Gasteiger charge is -2.45. The molecule has 0 aliphatic carbocycles. The lowest BCUT2D eigenvalue weighted by molar-refractivity contribution is -0.168. The molecule has 2 amide bonds. The van der Waals surface area contributed by atoms with Crippen LogP contribution in [0.15, 0.2) is 48.5 Å². The minimum absolute atomic E-state index is 0.0850. The molecule has 0 unspecified atom stereocenters. The van der Waals surface area contributed by atoms with E-state index in [0.717, 1.165) is 17.5 Å². The molecule has 2 aromatic carbocycles. The summed E-state index contributed by atoms with van der Waals surface area (Å²) in [6.45, 7) is 1.92. The van der Waals surface area contributed by atoms with Crippen molar-refractivity contribution in [2.45, 2.75) is 38.0 Å². The van der Waals surface area contributed by atoms with Crippen LogP contribution in [0.5, 0.6) is 0 Å². The highest BCUT2D eigenvalue weighted by atomic mass is 35.5. The first-order valence-corrected chi connectivity index (χ1v) is 10.7. The van der Waals surface area contributed by atoms with E-state index in [9.17, 15) is 9.59 Å². The fraction of sp³-hybridized carbons (Fsp3) is 0.391. The van der Waals surface area contributed by atoms with E-state index in [2.05, 4.69) is 0 Å². The smallest absolute Gasteiger partial charge is 0.249 e. The number of hydrogen-bond acceptors (Lipinski definition) is 3. The molecular weight excluding hydrogens is 423 g/mol. The molecule has 0 saturated carbocycles. The first-order valence-electron chi connectivity index (χ1n) is 9.98. The second-order valence-corrected chi connectivity index (χ2v) is 8.49. The maximum absolute atomic E-state index is 13.1. The Morgan fingerprint density at radius 2 is 1.60 bits per heavy atom. The number of benzene rings is 2. The molecule has 0 aromatic heterocycles. The molecule has 1 fully saturated rings. The third-order valence-electron chi connectivity index (χ3n) is 5.29. The number of nitrogens with zero attached hydrogens (tertiary/aromatic N) is 2. The first kappa shape index (κ1) is 22.6. The lowest BCUT2D eigenvalue weighted by Crippen LogP contribution is -2.55. The Kier molecular flexibility index (Phi) is 7.40. The summed E-state index contributed by atoms with van der Waals surface area (Å²) in [6.07, 6.45) is 0.907. The quantitative estimate of drug-likeness (QED) is 0.631. The van der Waals surface area contributed by atoms with Crippen LogP contribution in [0.2, 0.25) is 10.0 Å². The minimum atomic E-state index is -0.572. The molecule has 0 bridgehead atoms. The van der Waals surface area contributed by atoms with Gasteiger partial charge in [0.2, 0.25) is 11.8 Å². The van der Waals surface area contributed by atoms with Gasteiger partial charge in [-0.3, -0.25) is 9.59 Å². The van der Waals surface area contributed by atoms with Gasteiger partial charge in [0, 0.05) is 24.1 Å². The topological polar surface area (TPSA) is 49.9 Å². The van der Waals surface area contributed by atoms with Gasteiger partial charge in [-0.15, -0.1) is 0 Å². The Balaban J connectivity index is 2.12. The standard InChI is InChI=1S/C23H26Cl2N2O3/c1-4-5-19(23(29)26(2)3)27-20(28)14-30-22(16-8-12-18(25)13-9-16)21(27)15-6-10-17(24)11-7-15/h6-13,19,21-22H,4-5,14H2,1-3H3/t19-,21+,22-/m1/s1. The van der Waals surface area contributed by atoms with E-state index >= 15 is 0 Å². The summed E-state index contributed by atoms with van der Waals surface area (Å²) in [6, 6.07) is 13.7. The largest absolute Gasteiger partial charge is 0.361 e. The number of rotatable bonds is 6. The molecule has 1 heterocycles. The number of carbonyl (C=O) groups is 2. The highest BCUT2D eigenvalue weighted by molar-refractivity contribution is 6.30. The Morgan fingerprint density at radius 1 is 1.07 bits per heavy atom. The Morgan fingerprint density at radius 3 is 2.10 bits per heavy atom. The van der Waals surface area contributed by atoms with E-state index in [0.29, 0.717) is 16.5 Å². The highest BCUT2D eigenvalue weighted by Crippen LogP contribution is 2.42. The number of carbonyl (C=O) groups excluding carboxylic acids is 2. The van der Waals surface area contributed by atoms with E-state index in [1.54, 1.807) is 48.2 Å². The summed E-state index contributed by atoms with van der Waals surface area (Å²) in [5.74, 6) is -0.297. The van der Waals surface area contributed by atoms with Crippen LogP contribution in [-0.2, 0) is 14.3 Å². The number of amides is 2. The zero-order valence-corrected chi connectivity index (χ0v) is 18.9.